The largest absolute Gasteiger partial charge is 0.457 e. The van der Waals surface area contributed by atoms with Crippen molar-refractivity contribution in [2.75, 3.05) is 20.1 Å². The van der Waals surface area contributed by atoms with E-state index in [-0.39, 0.29) is 5.92 Å². The fourth-order valence-corrected chi connectivity index (χ4v) is 3.10. The lowest BCUT2D eigenvalue weighted by Crippen LogP contribution is -2.27. The van der Waals surface area contributed by atoms with Gasteiger partial charge in [0.2, 0.25) is 6.86 Å². The third-order valence-electron chi connectivity index (χ3n) is 4.53. The number of esters is 1. The first kappa shape index (κ1) is 22.0. The fraction of sp³-hybridized carbons (Fsp3) is 0.381. The fourth-order valence-electron chi connectivity index (χ4n) is 3.10. The number of carbonyl (C=O) groups excluding carboxylic acids is 1. The second-order valence-electron chi connectivity index (χ2n) is 6.75. The molecule has 0 bridgehead atoms. The number of ether oxygens (including phenoxy) is 4. The molecule has 1 saturated heterocycles. The van der Waals surface area contributed by atoms with Crippen LogP contribution in [-0.4, -0.2) is 26.0 Å². The predicted molar refractivity (Wildman–Crippen MR) is 97.4 cm³/mol. The highest BCUT2D eigenvalue weighted by Crippen LogP contribution is 2.30. The molecule has 9 heteroatoms. The van der Waals surface area contributed by atoms with Gasteiger partial charge in [-0.05, 0) is 18.6 Å². The normalized spacial score (nSPS) is 18.8. The van der Waals surface area contributed by atoms with Crippen LogP contribution in [0.25, 0.3) is 0 Å². The summed E-state index contributed by atoms with van der Waals surface area (Å²) in [4.78, 5) is 12.2. The van der Waals surface area contributed by atoms with Gasteiger partial charge in [-0.1, -0.05) is 19.4 Å². The Kier molecular flexibility index (Phi) is 7.28. The Morgan fingerprint density at radius 3 is 2.30 bits per heavy atom. The van der Waals surface area contributed by atoms with Gasteiger partial charge >= 0.3 is 5.97 Å². The van der Waals surface area contributed by atoms with Gasteiger partial charge < -0.3 is 18.9 Å². The summed E-state index contributed by atoms with van der Waals surface area (Å²) in [6.07, 6.45) is 1.23. The maximum atomic E-state index is 14.5. The second kappa shape index (κ2) is 9.90. The Morgan fingerprint density at radius 1 is 1.07 bits per heavy atom. The van der Waals surface area contributed by atoms with Crippen molar-refractivity contribution in [2.24, 2.45) is 5.92 Å². The van der Waals surface area contributed by atoms with Crippen molar-refractivity contribution in [3.05, 3.63) is 58.9 Å². The summed E-state index contributed by atoms with van der Waals surface area (Å²) in [6.45, 7) is 1.61. The van der Waals surface area contributed by atoms with Crippen LogP contribution in [0.3, 0.4) is 0 Å². The van der Waals surface area contributed by atoms with E-state index in [9.17, 15) is 22.4 Å². The Morgan fingerprint density at radius 2 is 1.73 bits per heavy atom. The molecule has 0 atom stereocenters. The van der Waals surface area contributed by atoms with E-state index in [1.807, 2.05) is 0 Å². The lowest BCUT2D eigenvalue weighted by Gasteiger charge is -2.29. The van der Waals surface area contributed by atoms with E-state index in [2.05, 4.69) is 11.7 Å². The third-order valence-corrected chi connectivity index (χ3v) is 4.53. The highest BCUT2D eigenvalue weighted by Gasteiger charge is 2.25. The van der Waals surface area contributed by atoms with Crippen LogP contribution in [0.2, 0.25) is 0 Å². The highest BCUT2D eigenvalue weighted by molar-refractivity contribution is 5.91. The molecule has 0 aliphatic carbocycles. The lowest BCUT2D eigenvalue weighted by molar-refractivity contribution is -0.206. The molecule has 0 N–H and O–H groups in total. The van der Waals surface area contributed by atoms with Gasteiger partial charge in [0, 0.05) is 23.6 Å². The summed E-state index contributed by atoms with van der Waals surface area (Å²) in [7, 11) is 0. The van der Waals surface area contributed by atoms with Crippen molar-refractivity contribution in [1.82, 2.24) is 0 Å². The molecule has 2 aromatic rings. The molecule has 2 aromatic carbocycles. The van der Waals surface area contributed by atoms with E-state index in [0.29, 0.717) is 30.9 Å². The van der Waals surface area contributed by atoms with Crippen LogP contribution >= 0.6 is 0 Å². The summed E-state index contributed by atoms with van der Waals surface area (Å²) >= 11 is 0. The van der Waals surface area contributed by atoms with Crippen LogP contribution in [0.4, 0.5) is 17.6 Å². The van der Waals surface area contributed by atoms with Crippen molar-refractivity contribution >= 4 is 5.97 Å². The van der Waals surface area contributed by atoms with Gasteiger partial charge in [0.05, 0.1) is 18.8 Å². The summed E-state index contributed by atoms with van der Waals surface area (Å²) in [5, 5.41) is 0. The molecular weight excluding hydrogens is 408 g/mol. The molecule has 5 nitrogen and oxygen atoms in total. The minimum absolute atomic E-state index is 0.285. The van der Waals surface area contributed by atoms with Gasteiger partial charge in [-0.3, -0.25) is 0 Å². The SMILES string of the molecule is CCCC1COC(c2ccc(C(=O)Oc3cc(F)c(OCF)c(F)c3)c(F)c2)OC1. The predicted octanol–water partition coefficient (Wildman–Crippen LogP) is 5.09. The summed E-state index contributed by atoms with van der Waals surface area (Å²) in [5.74, 6) is -5.78. The molecule has 0 unspecified atom stereocenters. The standard InChI is InChI=1S/C21H20F4O5/c1-2-3-12-9-27-21(28-10-12)13-4-5-15(16(23)6-13)20(26)30-14-7-17(24)19(29-11-22)18(25)8-14/h4-8,12,21H,2-3,9-11H2,1H3. The van der Waals surface area contributed by atoms with E-state index < -0.39 is 53.6 Å². The quantitative estimate of drug-likeness (QED) is 0.349. The van der Waals surface area contributed by atoms with Crippen molar-refractivity contribution in [1.29, 1.82) is 0 Å². The molecule has 0 aromatic heterocycles. The monoisotopic (exact) mass is 428 g/mol. The maximum Gasteiger partial charge on any atom is 0.346 e. The van der Waals surface area contributed by atoms with E-state index in [1.54, 1.807) is 0 Å². The van der Waals surface area contributed by atoms with Crippen molar-refractivity contribution in [2.45, 2.75) is 26.1 Å². The number of benzene rings is 2. The molecule has 30 heavy (non-hydrogen) atoms. The Balaban J connectivity index is 1.69. The number of rotatable bonds is 7. The average molecular weight is 428 g/mol. The average Bonchev–Trinajstić information content (AvgIpc) is 2.71. The zero-order valence-electron chi connectivity index (χ0n) is 16.1. The van der Waals surface area contributed by atoms with Gasteiger partial charge in [-0.15, -0.1) is 0 Å². The van der Waals surface area contributed by atoms with Crippen LogP contribution in [0, 0.1) is 23.4 Å². The Hall–Kier alpha value is -2.65. The number of halogens is 4. The van der Waals surface area contributed by atoms with E-state index in [0.717, 1.165) is 18.9 Å². The van der Waals surface area contributed by atoms with Gasteiger partial charge in [0.1, 0.15) is 11.6 Å². The Labute approximate surface area is 170 Å². The van der Waals surface area contributed by atoms with Gasteiger partial charge in [0.25, 0.3) is 0 Å². The van der Waals surface area contributed by atoms with Gasteiger partial charge in [-0.2, -0.15) is 0 Å². The summed E-state index contributed by atoms with van der Waals surface area (Å²) in [5.41, 5.74) is -0.0490. The maximum absolute atomic E-state index is 14.5. The number of hydrogen-bond acceptors (Lipinski definition) is 5. The Bertz CT molecular complexity index is 874. The minimum atomic E-state index is -1.43. The topological polar surface area (TPSA) is 54.0 Å². The number of alkyl halides is 1. The number of carbonyl (C=O) groups is 1. The van der Waals surface area contributed by atoms with Crippen molar-refractivity contribution < 1.29 is 41.3 Å². The third kappa shape index (κ3) is 5.09. The molecule has 1 aliphatic rings. The van der Waals surface area contributed by atoms with Gasteiger partial charge in [0.15, 0.2) is 23.7 Å². The molecule has 0 amide bonds. The van der Waals surface area contributed by atoms with Crippen LogP contribution in [0.15, 0.2) is 30.3 Å². The molecule has 0 saturated carbocycles. The first-order chi connectivity index (χ1) is 14.4. The molecule has 0 spiro atoms. The molecule has 0 radical (unpaired) electrons. The molecule has 3 rings (SSSR count). The lowest BCUT2D eigenvalue weighted by atomic mass is 10.0. The van der Waals surface area contributed by atoms with E-state index in [4.69, 9.17) is 14.2 Å². The number of hydrogen-bond donors (Lipinski definition) is 0. The zero-order valence-corrected chi connectivity index (χ0v) is 16.1. The summed E-state index contributed by atoms with van der Waals surface area (Å²) in [6, 6.07) is 4.97. The van der Waals surface area contributed by atoms with Crippen molar-refractivity contribution in [3.63, 3.8) is 0 Å². The second-order valence-corrected chi connectivity index (χ2v) is 6.75. The highest BCUT2D eigenvalue weighted by atomic mass is 19.1. The summed E-state index contributed by atoms with van der Waals surface area (Å²) < 4.78 is 74.3. The molecule has 162 valence electrons. The zero-order chi connectivity index (χ0) is 21.7. The van der Waals surface area contributed by atoms with Crippen LogP contribution in [0.1, 0.15) is 42.0 Å². The van der Waals surface area contributed by atoms with Crippen LogP contribution in [0.5, 0.6) is 11.5 Å². The molecule has 1 aliphatic heterocycles. The molecular formula is C21H20F4O5. The first-order valence-electron chi connectivity index (χ1n) is 9.35. The first-order valence-corrected chi connectivity index (χ1v) is 9.35. The van der Waals surface area contributed by atoms with Crippen LogP contribution < -0.4 is 9.47 Å². The van der Waals surface area contributed by atoms with E-state index >= 15 is 0 Å². The molecule has 1 heterocycles. The van der Waals surface area contributed by atoms with Crippen LogP contribution in [-0.2, 0) is 9.47 Å². The molecule has 1 fully saturated rings. The van der Waals surface area contributed by atoms with Gasteiger partial charge in [-0.25, -0.2) is 22.4 Å². The smallest absolute Gasteiger partial charge is 0.346 e. The minimum Gasteiger partial charge on any atom is -0.457 e. The van der Waals surface area contributed by atoms with Crippen molar-refractivity contribution in [3.8, 4) is 11.5 Å². The van der Waals surface area contributed by atoms with E-state index in [1.165, 1.54) is 12.1 Å².